The molecule has 0 aliphatic heterocycles. The summed E-state index contributed by atoms with van der Waals surface area (Å²) in [6.45, 7) is 7.71. The largest absolute Gasteiger partial charge is 0.347 e. The number of hydrogen-bond donors (Lipinski definition) is 1. The Morgan fingerprint density at radius 3 is 2.35 bits per heavy atom. The van der Waals surface area contributed by atoms with E-state index in [-0.39, 0.29) is 16.3 Å². The van der Waals surface area contributed by atoms with E-state index in [9.17, 15) is 13.2 Å². The minimum Gasteiger partial charge on any atom is -0.347 e. The van der Waals surface area contributed by atoms with Crippen LogP contribution >= 0.6 is 10.7 Å². The van der Waals surface area contributed by atoms with Crippen LogP contribution in [0.15, 0.2) is 23.1 Å². The molecule has 20 heavy (non-hydrogen) atoms. The molecule has 6 heteroatoms. The molecule has 0 spiro atoms. The van der Waals surface area contributed by atoms with Gasteiger partial charge in [0.1, 0.15) is 0 Å². The Hall–Kier alpha value is -1.07. The molecule has 0 heterocycles. The maximum Gasteiger partial charge on any atom is 0.261 e. The van der Waals surface area contributed by atoms with Crippen LogP contribution in [0.5, 0.6) is 0 Å². The van der Waals surface area contributed by atoms with Crippen molar-refractivity contribution in [1.82, 2.24) is 5.32 Å². The van der Waals surface area contributed by atoms with Gasteiger partial charge in [0.25, 0.3) is 15.0 Å². The molecule has 0 unspecified atom stereocenters. The summed E-state index contributed by atoms with van der Waals surface area (Å²) in [5, 5.41) is 2.90. The van der Waals surface area contributed by atoms with Gasteiger partial charge in [-0.1, -0.05) is 19.9 Å². The van der Waals surface area contributed by atoms with Crippen LogP contribution in [0, 0.1) is 0 Å². The van der Waals surface area contributed by atoms with Gasteiger partial charge < -0.3 is 5.32 Å². The molecule has 0 aliphatic carbocycles. The molecule has 112 valence electrons. The molecule has 1 rings (SSSR count). The van der Waals surface area contributed by atoms with Crippen LogP contribution in [0.4, 0.5) is 0 Å². The fourth-order valence-electron chi connectivity index (χ4n) is 1.69. The predicted octanol–water partition coefficient (Wildman–Crippen LogP) is 3.09. The Kier molecular flexibility index (Phi) is 5.21. The number of aryl methyl sites for hydroxylation is 1. The fraction of sp³-hybridized carbons (Fsp3) is 0.500. The number of hydrogen-bond acceptors (Lipinski definition) is 3. The van der Waals surface area contributed by atoms with Crippen LogP contribution in [0.1, 0.15) is 50.0 Å². The lowest BCUT2D eigenvalue weighted by atomic mass is 9.99. The lowest BCUT2D eigenvalue weighted by Gasteiger charge is -2.25. The molecule has 0 radical (unpaired) electrons. The molecule has 1 aromatic carbocycles. The van der Waals surface area contributed by atoms with Crippen LogP contribution in [-0.4, -0.2) is 19.9 Å². The lowest BCUT2D eigenvalue weighted by molar-refractivity contribution is 0.0910. The quantitative estimate of drug-likeness (QED) is 0.849. The van der Waals surface area contributed by atoms with Crippen LogP contribution in [0.25, 0.3) is 0 Å². The molecule has 4 nitrogen and oxygen atoms in total. The summed E-state index contributed by atoms with van der Waals surface area (Å²) in [5.41, 5.74) is 0.798. The highest BCUT2D eigenvalue weighted by molar-refractivity contribution is 8.13. The van der Waals surface area contributed by atoms with Crippen molar-refractivity contribution < 1.29 is 13.2 Å². The highest BCUT2D eigenvalue weighted by Gasteiger charge is 2.22. The van der Waals surface area contributed by atoms with Gasteiger partial charge in [0.15, 0.2) is 0 Å². The van der Waals surface area contributed by atoms with Crippen LogP contribution in [0.3, 0.4) is 0 Å². The van der Waals surface area contributed by atoms with E-state index in [1.807, 2.05) is 27.7 Å². The number of rotatable bonds is 5. The normalized spacial score (nSPS) is 12.2. The summed E-state index contributed by atoms with van der Waals surface area (Å²) in [6.07, 6.45) is 1.41. The van der Waals surface area contributed by atoms with Gasteiger partial charge in [-0.3, -0.25) is 4.79 Å². The van der Waals surface area contributed by atoms with Crippen molar-refractivity contribution in [2.75, 3.05) is 0 Å². The number of benzene rings is 1. The van der Waals surface area contributed by atoms with E-state index in [0.717, 1.165) is 12.0 Å². The van der Waals surface area contributed by atoms with Crippen molar-refractivity contribution in [3.63, 3.8) is 0 Å². The molecule has 1 N–H and O–H groups in total. The van der Waals surface area contributed by atoms with Crippen molar-refractivity contribution in [3.05, 3.63) is 29.3 Å². The smallest absolute Gasteiger partial charge is 0.261 e. The van der Waals surface area contributed by atoms with E-state index in [1.165, 1.54) is 12.1 Å². The van der Waals surface area contributed by atoms with Crippen molar-refractivity contribution in [3.8, 4) is 0 Å². The first-order valence-corrected chi connectivity index (χ1v) is 8.81. The maximum absolute atomic E-state index is 12.3. The summed E-state index contributed by atoms with van der Waals surface area (Å²) in [5.74, 6) is -0.282. The Morgan fingerprint density at radius 2 is 1.90 bits per heavy atom. The number of carbonyl (C=O) groups excluding carboxylic acids is 1. The number of halogens is 1. The second-order valence-electron chi connectivity index (χ2n) is 5.30. The summed E-state index contributed by atoms with van der Waals surface area (Å²) < 4.78 is 22.8. The third-order valence-corrected chi connectivity index (χ3v) is 4.68. The summed E-state index contributed by atoms with van der Waals surface area (Å²) in [4.78, 5) is 12.3. The molecule has 0 aromatic heterocycles. The highest BCUT2D eigenvalue weighted by atomic mass is 35.7. The van der Waals surface area contributed by atoms with Gasteiger partial charge in [0.2, 0.25) is 0 Å². The van der Waals surface area contributed by atoms with Gasteiger partial charge in [0.05, 0.1) is 4.90 Å². The zero-order valence-electron chi connectivity index (χ0n) is 12.2. The first-order valence-electron chi connectivity index (χ1n) is 6.51. The summed E-state index contributed by atoms with van der Waals surface area (Å²) in [6, 6.07) is 4.38. The average molecular weight is 318 g/mol. The van der Waals surface area contributed by atoms with E-state index in [2.05, 4.69) is 5.32 Å². The van der Waals surface area contributed by atoms with E-state index in [1.54, 1.807) is 6.07 Å². The predicted molar refractivity (Wildman–Crippen MR) is 80.7 cm³/mol. The number of carbonyl (C=O) groups is 1. The lowest BCUT2D eigenvalue weighted by Crippen LogP contribution is -2.43. The van der Waals surface area contributed by atoms with Crippen LogP contribution < -0.4 is 5.32 Å². The van der Waals surface area contributed by atoms with Crippen molar-refractivity contribution in [1.29, 1.82) is 0 Å². The van der Waals surface area contributed by atoms with Gasteiger partial charge in [0, 0.05) is 21.8 Å². The SMILES string of the molecule is CCc1ccc(S(=O)(=O)Cl)cc1C(=O)NC(C)(C)CC. The highest BCUT2D eigenvalue weighted by Crippen LogP contribution is 2.21. The van der Waals surface area contributed by atoms with Crippen molar-refractivity contribution in [2.45, 2.75) is 51.0 Å². The maximum atomic E-state index is 12.3. The van der Waals surface area contributed by atoms with Gasteiger partial charge >= 0.3 is 0 Å². The monoisotopic (exact) mass is 317 g/mol. The van der Waals surface area contributed by atoms with Gasteiger partial charge in [-0.2, -0.15) is 0 Å². The minimum atomic E-state index is -3.84. The molecule has 0 saturated carbocycles. The Bertz CT molecular complexity index is 609. The van der Waals surface area contributed by atoms with Gasteiger partial charge in [-0.25, -0.2) is 8.42 Å². The first kappa shape index (κ1) is 17.0. The molecule has 0 fully saturated rings. The Labute approximate surface area is 124 Å². The molecular formula is C14H20ClNO3S. The molecule has 0 saturated heterocycles. The van der Waals surface area contributed by atoms with E-state index in [4.69, 9.17) is 10.7 Å². The second-order valence-corrected chi connectivity index (χ2v) is 7.87. The van der Waals surface area contributed by atoms with E-state index >= 15 is 0 Å². The standard InChI is InChI=1S/C14H20ClNO3S/c1-5-10-7-8-11(20(15,18)19)9-12(10)13(17)16-14(3,4)6-2/h7-9H,5-6H2,1-4H3,(H,16,17). The fourth-order valence-corrected chi connectivity index (χ4v) is 2.47. The van der Waals surface area contributed by atoms with Crippen LogP contribution in [-0.2, 0) is 15.5 Å². The first-order chi connectivity index (χ1) is 9.10. The number of amides is 1. The average Bonchev–Trinajstić information content (AvgIpc) is 2.36. The Morgan fingerprint density at radius 1 is 1.30 bits per heavy atom. The summed E-state index contributed by atoms with van der Waals surface area (Å²) >= 11 is 0. The topological polar surface area (TPSA) is 63.2 Å². The molecule has 1 aromatic rings. The molecule has 1 amide bonds. The third-order valence-electron chi connectivity index (χ3n) is 3.32. The molecular weight excluding hydrogens is 298 g/mol. The van der Waals surface area contributed by atoms with Gasteiger partial charge in [-0.05, 0) is 44.4 Å². The molecule has 0 bridgehead atoms. The zero-order valence-corrected chi connectivity index (χ0v) is 13.7. The number of nitrogens with one attached hydrogen (secondary N) is 1. The minimum absolute atomic E-state index is 0.0594. The van der Waals surface area contributed by atoms with E-state index < -0.39 is 9.05 Å². The Balaban J connectivity index is 3.24. The van der Waals surface area contributed by atoms with Crippen LogP contribution in [0.2, 0.25) is 0 Å². The zero-order chi connectivity index (χ0) is 15.6. The van der Waals surface area contributed by atoms with Gasteiger partial charge in [-0.15, -0.1) is 0 Å². The van der Waals surface area contributed by atoms with E-state index in [0.29, 0.717) is 12.0 Å². The second kappa shape index (κ2) is 6.14. The van der Waals surface area contributed by atoms with Crippen molar-refractivity contribution in [2.24, 2.45) is 0 Å². The third kappa shape index (κ3) is 4.21. The summed E-state index contributed by atoms with van der Waals surface area (Å²) in [7, 11) is 1.49. The van der Waals surface area contributed by atoms with Crippen molar-refractivity contribution >= 4 is 25.6 Å². The molecule has 0 atom stereocenters. The molecule has 0 aliphatic rings.